The number of aromatic amines is 1. The van der Waals surface area contributed by atoms with Crippen molar-refractivity contribution in [1.29, 1.82) is 0 Å². The third kappa shape index (κ3) is 1.76. The van der Waals surface area contributed by atoms with Crippen molar-refractivity contribution in [3.05, 3.63) is 39.6 Å². The average molecular weight is 259 g/mol. The smallest absolute Gasteiger partial charge is 0.279 e. The summed E-state index contributed by atoms with van der Waals surface area (Å²) < 4.78 is 0. The summed E-state index contributed by atoms with van der Waals surface area (Å²) in [6.07, 6.45) is 0.653. The summed E-state index contributed by atoms with van der Waals surface area (Å²) in [5, 5.41) is 11.8. The number of nitro benzene ring substituents is 1. The van der Waals surface area contributed by atoms with Crippen LogP contribution in [0.4, 0.5) is 5.69 Å². The number of rotatable bonds is 1. The first kappa shape index (κ1) is 11.7. The Morgan fingerprint density at radius 2 is 2.26 bits per heavy atom. The van der Waals surface area contributed by atoms with Gasteiger partial charge in [-0.2, -0.15) is 0 Å². The van der Waals surface area contributed by atoms with Crippen LogP contribution in [-0.2, 0) is 17.8 Å². The molecule has 0 saturated heterocycles. The van der Waals surface area contributed by atoms with Gasteiger partial charge in [0.1, 0.15) is 0 Å². The molecule has 0 saturated carbocycles. The standard InChI is InChI=1S/C13H13N3O3/c1-8(17)15-6-5-9-11(7-15)14-10-3-2-4-12(13(9)10)16(18)19/h2-4,14H,5-7H2,1H3. The number of nitro groups is 1. The maximum Gasteiger partial charge on any atom is 0.279 e. The predicted octanol–water partition coefficient (Wildman–Crippen LogP) is 1.98. The fraction of sp³-hybridized carbons (Fsp3) is 0.308. The summed E-state index contributed by atoms with van der Waals surface area (Å²) in [6, 6.07) is 5.03. The number of non-ortho nitro benzene ring substituents is 1. The molecule has 3 rings (SSSR count). The van der Waals surface area contributed by atoms with Crippen LogP contribution in [0.15, 0.2) is 18.2 Å². The molecule has 6 nitrogen and oxygen atoms in total. The van der Waals surface area contributed by atoms with Gasteiger partial charge < -0.3 is 9.88 Å². The van der Waals surface area contributed by atoms with E-state index in [1.165, 1.54) is 13.0 Å². The van der Waals surface area contributed by atoms with E-state index in [0.29, 0.717) is 24.9 Å². The molecular weight excluding hydrogens is 246 g/mol. The third-order valence-electron chi connectivity index (χ3n) is 3.62. The van der Waals surface area contributed by atoms with Crippen molar-refractivity contribution in [2.75, 3.05) is 6.54 Å². The zero-order valence-corrected chi connectivity index (χ0v) is 10.5. The predicted molar refractivity (Wildman–Crippen MR) is 69.7 cm³/mol. The van der Waals surface area contributed by atoms with Crippen LogP contribution in [0.3, 0.4) is 0 Å². The van der Waals surface area contributed by atoms with Crippen molar-refractivity contribution >= 4 is 22.5 Å². The van der Waals surface area contributed by atoms with Crippen LogP contribution >= 0.6 is 0 Å². The molecule has 19 heavy (non-hydrogen) atoms. The molecule has 6 heteroatoms. The number of aromatic nitrogens is 1. The lowest BCUT2D eigenvalue weighted by Gasteiger charge is -2.25. The highest BCUT2D eigenvalue weighted by atomic mass is 16.6. The zero-order valence-electron chi connectivity index (χ0n) is 10.5. The fourth-order valence-corrected chi connectivity index (χ4v) is 2.70. The van der Waals surface area contributed by atoms with E-state index in [9.17, 15) is 14.9 Å². The lowest BCUT2D eigenvalue weighted by Crippen LogP contribution is -2.34. The van der Waals surface area contributed by atoms with Gasteiger partial charge in [-0.1, -0.05) is 6.07 Å². The molecule has 1 N–H and O–H groups in total. The largest absolute Gasteiger partial charge is 0.356 e. The Balaban J connectivity index is 2.17. The minimum absolute atomic E-state index is 0.0267. The molecule has 0 bridgehead atoms. The Morgan fingerprint density at radius 1 is 1.47 bits per heavy atom. The Kier molecular flexibility index (Phi) is 2.51. The summed E-state index contributed by atoms with van der Waals surface area (Å²) in [4.78, 5) is 27.1. The maximum atomic E-state index is 11.4. The highest BCUT2D eigenvalue weighted by molar-refractivity contribution is 5.93. The van der Waals surface area contributed by atoms with Crippen LogP contribution in [-0.4, -0.2) is 27.3 Å². The van der Waals surface area contributed by atoms with E-state index >= 15 is 0 Å². The molecule has 0 atom stereocenters. The van der Waals surface area contributed by atoms with Gasteiger partial charge in [0.2, 0.25) is 5.91 Å². The highest BCUT2D eigenvalue weighted by Gasteiger charge is 2.26. The molecule has 98 valence electrons. The molecule has 1 aromatic heterocycles. The minimum Gasteiger partial charge on any atom is -0.356 e. The number of carbonyl (C=O) groups excluding carboxylic acids is 1. The van der Waals surface area contributed by atoms with Gasteiger partial charge in [0.25, 0.3) is 5.69 Å². The van der Waals surface area contributed by atoms with Crippen LogP contribution in [0.5, 0.6) is 0 Å². The van der Waals surface area contributed by atoms with Crippen LogP contribution in [0, 0.1) is 10.1 Å². The van der Waals surface area contributed by atoms with Crippen LogP contribution in [0.2, 0.25) is 0 Å². The zero-order chi connectivity index (χ0) is 13.6. The second-order valence-corrected chi connectivity index (χ2v) is 4.73. The molecule has 1 aliphatic rings. The van der Waals surface area contributed by atoms with Gasteiger partial charge in [-0.25, -0.2) is 0 Å². The van der Waals surface area contributed by atoms with E-state index in [2.05, 4.69) is 4.98 Å². The molecule has 1 aromatic carbocycles. The van der Waals surface area contributed by atoms with E-state index in [4.69, 9.17) is 0 Å². The van der Waals surface area contributed by atoms with Gasteiger partial charge in [-0.05, 0) is 18.1 Å². The molecule has 2 heterocycles. The van der Waals surface area contributed by atoms with Gasteiger partial charge >= 0.3 is 0 Å². The van der Waals surface area contributed by atoms with Crippen molar-refractivity contribution in [2.45, 2.75) is 19.9 Å². The van der Waals surface area contributed by atoms with Crippen LogP contribution < -0.4 is 0 Å². The molecule has 0 radical (unpaired) electrons. The SMILES string of the molecule is CC(=O)N1CCc2c([nH]c3cccc([N+](=O)[O-])c23)C1. The number of nitrogens with zero attached hydrogens (tertiary/aromatic N) is 2. The lowest BCUT2D eigenvalue weighted by molar-refractivity contribution is -0.383. The summed E-state index contributed by atoms with van der Waals surface area (Å²) in [5.74, 6) is 0.0267. The van der Waals surface area contributed by atoms with Gasteiger partial charge in [0, 0.05) is 25.2 Å². The van der Waals surface area contributed by atoms with Gasteiger partial charge in [-0.15, -0.1) is 0 Å². The summed E-state index contributed by atoms with van der Waals surface area (Å²) in [6.45, 7) is 2.65. The number of hydrogen-bond donors (Lipinski definition) is 1. The third-order valence-corrected chi connectivity index (χ3v) is 3.62. The topological polar surface area (TPSA) is 79.2 Å². The van der Waals surface area contributed by atoms with Gasteiger partial charge in [0.05, 0.1) is 22.4 Å². The Morgan fingerprint density at radius 3 is 2.95 bits per heavy atom. The number of amides is 1. The summed E-state index contributed by atoms with van der Waals surface area (Å²) in [7, 11) is 0. The molecule has 2 aromatic rings. The van der Waals surface area contributed by atoms with E-state index < -0.39 is 0 Å². The van der Waals surface area contributed by atoms with Crippen LogP contribution in [0.25, 0.3) is 10.9 Å². The van der Waals surface area contributed by atoms with Crippen molar-refractivity contribution in [3.8, 4) is 0 Å². The lowest BCUT2D eigenvalue weighted by atomic mass is 10.0. The normalized spacial score (nSPS) is 14.5. The molecule has 0 unspecified atom stereocenters. The summed E-state index contributed by atoms with van der Waals surface area (Å²) >= 11 is 0. The molecule has 0 aliphatic carbocycles. The Bertz CT molecular complexity index is 690. The fourth-order valence-electron chi connectivity index (χ4n) is 2.70. The van der Waals surface area contributed by atoms with Crippen molar-refractivity contribution < 1.29 is 9.72 Å². The van der Waals surface area contributed by atoms with Crippen molar-refractivity contribution in [3.63, 3.8) is 0 Å². The first-order valence-electron chi connectivity index (χ1n) is 6.10. The highest BCUT2D eigenvalue weighted by Crippen LogP contribution is 2.33. The number of hydrogen-bond acceptors (Lipinski definition) is 3. The Labute approximate surface area is 109 Å². The number of benzene rings is 1. The monoisotopic (exact) mass is 259 g/mol. The van der Waals surface area contributed by atoms with Crippen molar-refractivity contribution in [2.24, 2.45) is 0 Å². The maximum absolute atomic E-state index is 11.4. The van der Waals surface area contributed by atoms with Crippen molar-refractivity contribution in [1.82, 2.24) is 9.88 Å². The van der Waals surface area contributed by atoms with E-state index in [0.717, 1.165) is 16.8 Å². The second-order valence-electron chi connectivity index (χ2n) is 4.73. The average Bonchev–Trinajstić information content (AvgIpc) is 2.75. The first-order chi connectivity index (χ1) is 9.08. The van der Waals surface area contributed by atoms with E-state index in [1.54, 1.807) is 11.0 Å². The molecule has 0 spiro atoms. The number of H-pyrrole nitrogens is 1. The molecule has 1 aliphatic heterocycles. The number of fused-ring (bicyclic) bond motifs is 3. The second kappa shape index (κ2) is 4.08. The van der Waals surface area contributed by atoms with E-state index in [-0.39, 0.29) is 16.5 Å². The minimum atomic E-state index is -0.353. The number of nitrogens with one attached hydrogen (secondary N) is 1. The molecular formula is C13H13N3O3. The molecule has 0 fully saturated rings. The Hall–Kier alpha value is -2.37. The summed E-state index contributed by atoms with van der Waals surface area (Å²) in [5.41, 5.74) is 2.78. The van der Waals surface area contributed by atoms with Crippen LogP contribution in [0.1, 0.15) is 18.2 Å². The molecule has 1 amide bonds. The quantitative estimate of drug-likeness (QED) is 0.628. The number of carbonyl (C=O) groups is 1. The van der Waals surface area contributed by atoms with Gasteiger partial charge in [0.15, 0.2) is 0 Å². The first-order valence-corrected chi connectivity index (χ1v) is 6.10. The van der Waals surface area contributed by atoms with Gasteiger partial charge in [-0.3, -0.25) is 14.9 Å². The van der Waals surface area contributed by atoms with E-state index in [1.807, 2.05) is 6.07 Å².